The maximum absolute atomic E-state index is 12.2. The molecule has 2 N–H and O–H groups in total. The minimum Gasteiger partial charge on any atom is -0.506 e. The number of benzene rings is 2. The van der Waals surface area contributed by atoms with E-state index in [9.17, 15) is 9.90 Å². The van der Waals surface area contributed by atoms with Crippen LogP contribution in [0.4, 0.5) is 5.69 Å². The maximum Gasteiger partial charge on any atom is 0.291 e. The molecule has 0 fully saturated rings. The van der Waals surface area contributed by atoms with Crippen LogP contribution in [0.25, 0.3) is 0 Å². The van der Waals surface area contributed by atoms with E-state index >= 15 is 0 Å². The molecule has 0 aliphatic rings. The number of phenols is 1. The number of rotatable bonds is 5. The van der Waals surface area contributed by atoms with E-state index < -0.39 is 5.91 Å². The Balaban J connectivity index is 1.64. The normalized spacial score (nSPS) is 10.5. The molecule has 128 valence electrons. The number of furan rings is 1. The quantitative estimate of drug-likeness (QED) is 0.552. The summed E-state index contributed by atoms with van der Waals surface area (Å²) in [5, 5.41) is 12.7. The molecule has 25 heavy (non-hydrogen) atoms. The lowest BCUT2D eigenvalue weighted by atomic mass is 10.3. The average Bonchev–Trinajstić information content (AvgIpc) is 3.05. The summed E-state index contributed by atoms with van der Waals surface area (Å²) in [6.45, 7) is 0.130. The van der Waals surface area contributed by atoms with Gasteiger partial charge in [0.1, 0.15) is 23.9 Å². The van der Waals surface area contributed by atoms with Gasteiger partial charge in [0.05, 0.1) is 10.7 Å². The van der Waals surface area contributed by atoms with Crippen molar-refractivity contribution in [2.45, 2.75) is 6.61 Å². The van der Waals surface area contributed by atoms with Gasteiger partial charge in [-0.25, -0.2) is 0 Å². The number of nitrogens with one attached hydrogen (secondary N) is 1. The monoisotopic (exact) mass is 421 g/mol. The Kier molecular flexibility index (Phi) is 5.31. The molecule has 3 rings (SSSR count). The largest absolute Gasteiger partial charge is 0.506 e. The predicted octanol–water partition coefficient (Wildman–Crippen LogP) is 5.23. The molecule has 0 aliphatic heterocycles. The van der Waals surface area contributed by atoms with Crippen molar-refractivity contribution in [1.82, 2.24) is 0 Å². The van der Waals surface area contributed by atoms with Crippen LogP contribution in [0.15, 0.2) is 63.5 Å². The van der Waals surface area contributed by atoms with E-state index in [2.05, 4.69) is 21.2 Å². The van der Waals surface area contributed by atoms with Crippen LogP contribution in [0.3, 0.4) is 0 Å². The number of hydrogen-bond donors (Lipinski definition) is 2. The van der Waals surface area contributed by atoms with Crippen molar-refractivity contribution in [2.75, 3.05) is 5.32 Å². The first kappa shape index (κ1) is 17.4. The molecule has 1 heterocycles. The van der Waals surface area contributed by atoms with E-state index in [0.717, 1.165) is 4.47 Å². The lowest BCUT2D eigenvalue weighted by Gasteiger charge is -2.07. The number of hydrogen-bond acceptors (Lipinski definition) is 4. The molecule has 0 aliphatic carbocycles. The number of anilines is 1. The Hall–Kier alpha value is -2.44. The van der Waals surface area contributed by atoms with Gasteiger partial charge in [-0.1, -0.05) is 39.7 Å². The number of para-hydroxylation sites is 2. The molecule has 3 aromatic rings. The van der Waals surface area contributed by atoms with E-state index in [1.807, 2.05) is 6.07 Å². The highest BCUT2D eigenvalue weighted by Crippen LogP contribution is 2.28. The summed E-state index contributed by atoms with van der Waals surface area (Å²) in [4.78, 5) is 12.2. The van der Waals surface area contributed by atoms with Crippen LogP contribution in [0.2, 0.25) is 5.02 Å². The summed E-state index contributed by atoms with van der Waals surface area (Å²) in [6, 6.07) is 14.9. The van der Waals surface area contributed by atoms with Crippen molar-refractivity contribution in [1.29, 1.82) is 0 Å². The fourth-order valence-electron chi connectivity index (χ4n) is 2.08. The van der Waals surface area contributed by atoms with Crippen LogP contribution < -0.4 is 10.1 Å². The Labute approximate surface area is 157 Å². The maximum atomic E-state index is 12.2. The van der Waals surface area contributed by atoms with Crippen LogP contribution in [-0.4, -0.2) is 11.0 Å². The number of carbonyl (C=O) groups is 1. The van der Waals surface area contributed by atoms with Gasteiger partial charge in [-0.15, -0.1) is 0 Å². The number of aromatic hydroxyl groups is 1. The van der Waals surface area contributed by atoms with Crippen molar-refractivity contribution < 1.29 is 19.1 Å². The zero-order valence-electron chi connectivity index (χ0n) is 12.8. The molecule has 7 heteroatoms. The second-order valence-corrected chi connectivity index (χ2v) is 6.42. The van der Waals surface area contributed by atoms with Gasteiger partial charge in [0.2, 0.25) is 0 Å². The lowest BCUT2D eigenvalue weighted by Crippen LogP contribution is -2.10. The van der Waals surface area contributed by atoms with Gasteiger partial charge >= 0.3 is 0 Å². The summed E-state index contributed by atoms with van der Waals surface area (Å²) in [5.74, 6) is 0.622. The number of carbonyl (C=O) groups excluding carboxylic acids is 1. The van der Waals surface area contributed by atoms with Gasteiger partial charge < -0.3 is 19.6 Å². The van der Waals surface area contributed by atoms with Crippen LogP contribution >= 0.6 is 27.5 Å². The number of amides is 1. The van der Waals surface area contributed by atoms with E-state index in [-0.39, 0.29) is 18.1 Å². The minimum absolute atomic E-state index is 0.0177. The molecule has 5 nitrogen and oxygen atoms in total. The second kappa shape index (κ2) is 7.63. The number of halogens is 2. The molecule has 1 amide bonds. The van der Waals surface area contributed by atoms with Gasteiger partial charge in [0, 0.05) is 4.47 Å². The topological polar surface area (TPSA) is 71.7 Å². The zero-order valence-corrected chi connectivity index (χ0v) is 15.2. The average molecular weight is 423 g/mol. The molecule has 0 spiro atoms. The Morgan fingerprint density at radius 2 is 2.00 bits per heavy atom. The van der Waals surface area contributed by atoms with E-state index in [1.54, 1.807) is 36.4 Å². The summed E-state index contributed by atoms with van der Waals surface area (Å²) < 4.78 is 11.9. The summed E-state index contributed by atoms with van der Waals surface area (Å²) in [7, 11) is 0. The first-order valence-corrected chi connectivity index (χ1v) is 8.46. The highest BCUT2D eigenvalue weighted by Gasteiger charge is 2.13. The second-order valence-electron chi connectivity index (χ2n) is 5.10. The van der Waals surface area contributed by atoms with Gasteiger partial charge in [-0.3, -0.25) is 4.79 Å². The standard InChI is InChI=1S/C18H13BrClNO4/c19-11-5-7-16(13(20)9-11)24-10-12-6-8-17(25-12)18(23)21-14-3-1-2-4-15(14)22/h1-9,22H,10H2,(H,21,23). The van der Waals surface area contributed by atoms with E-state index in [0.29, 0.717) is 22.2 Å². The molecule has 0 bridgehead atoms. The Morgan fingerprint density at radius 3 is 2.76 bits per heavy atom. The van der Waals surface area contributed by atoms with Crippen molar-refractivity contribution in [3.05, 3.63) is 75.6 Å². The molecular weight excluding hydrogens is 410 g/mol. The third-order valence-corrected chi connectivity index (χ3v) is 4.09. The van der Waals surface area contributed by atoms with E-state index in [1.165, 1.54) is 12.1 Å². The van der Waals surface area contributed by atoms with Crippen molar-refractivity contribution in [3.8, 4) is 11.5 Å². The van der Waals surface area contributed by atoms with Crippen molar-refractivity contribution in [3.63, 3.8) is 0 Å². The van der Waals surface area contributed by atoms with Gasteiger partial charge in [0.25, 0.3) is 5.91 Å². The lowest BCUT2D eigenvalue weighted by molar-refractivity contribution is 0.0992. The summed E-state index contributed by atoms with van der Waals surface area (Å²) >= 11 is 9.41. The van der Waals surface area contributed by atoms with Crippen molar-refractivity contribution >= 4 is 39.1 Å². The third-order valence-electron chi connectivity index (χ3n) is 3.30. The van der Waals surface area contributed by atoms with Crippen LogP contribution in [0, 0.1) is 0 Å². The Bertz CT molecular complexity index is 910. The molecular formula is C18H13BrClNO4. The van der Waals surface area contributed by atoms with Crippen LogP contribution in [-0.2, 0) is 6.61 Å². The van der Waals surface area contributed by atoms with Gasteiger partial charge in [-0.05, 0) is 42.5 Å². The molecule has 0 radical (unpaired) electrons. The number of ether oxygens (including phenoxy) is 1. The van der Waals surface area contributed by atoms with Crippen molar-refractivity contribution in [2.24, 2.45) is 0 Å². The highest BCUT2D eigenvalue weighted by molar-refractivity contribution is 9.10. The first-order chi connectivity index (χ1) is 12.0. The molecule has 0 atom stereocenters. The highest BCUT2D eigenvalue weighted by atomic mass is 79.9. The van der Waals surface area contributed by atoms with Crippen LogP contribution in [0.1, 0.15) is 16.3 Å². The molecule has 0 saturated heterocycles. The molecule has 0 unspecified atom stereocenters. The smallest absolute Gasteiger partial charge is 0.291 e. The van der Waals surface area contributed by atoms with Crippen LogP contribution in [0.5, 0.6) is 11.5 Å². The summed E-state index contributed by atoms with van der Waals surface area (Å²) in [6.07, 6.45) is 0. The van der Waals surface area contributed by atoms with Gasteiger partial charge in [0.15, 0.2) is 5.76 Å². The third kappa shape index (κ3) is 4.35. The predicted molar refractivity (Wildman–Crippen MR) is 98.3 cm³/mol. The summed E-state index contributed by atoms with van der Waals surface area (Å²) in [5.41, 5.74) is 0.309. The molecule has 2 aromatic carbocycles. The minimum atomic E-state index is -0.463. The zero-order chi connectivity index (χ0) is 17.8. The molecule has 0 saturated carbocycles. The van der Waals surface area contributed by atoms with E-state index in [4.69, 9.17) is 20.8 Å². The SMILES string of the molecule is O=C(Nc1ccccc1O)c1ccc(COc2ccc(Br)cc2Cl)o1. The van der Waals surface area contributed by atoms with Gasteiger partial charge in [-0.2, -0.15) is 0 Å². The fraction of sp³-hybridized carbons (Fsp3) is 0.0556. The molecule has 1 aromatic heterocycles. The first-order valence-electron chi connectivity index (χ1n) is 7.29. The fourth-order valence-corrected chi connectivity index (χ4v) is 2.81. The number of phenolic OH excluding ortho intramolecular Hbond substituents is 1. The Morgan fingerprint density at radius 1 is 1.20 bits per heavy atom.